The molecule has 0 amide bonds. The molecule has 0 N–H and O–H groups in total. The molecule has 0 fully saturated rings. The van der Waals surface area contributed by atoms with E-state index in [1.165, 1.54) is 11.8 Å². The van der Waals surface area contributed by atoms with Gasteiger partial charge in [-0.25, -0.2) is 9.97 Å². The van der Waals surface area contributed by atoms with Gasteiger partial charge in [-0.3, -0.25) is 14.2 Å². The molecule has 31 heavy (non-hydrogen) atoms. The average molecular weight is 440 g/mol. The molecule has 7 nitrogen and oxygen atoms in total. The lowest BCUT2D eigenvalue weighted by Crippen LogP contribution is -2.33. The Hall–Kier alpha value is -2.71. The molecule has 1 aliphatic heterocycles. The van der Waals surface area contributed by atoms with Crippen LogP contribution in [0, 0.1) is 0 Å². The van der Waals surface area contributed by atoms with Crippen LogP contribution in [0.5, 0.6) is 0 Å². The van der Waals surface area contributed by atoms with Gasteiger partial charge in [-0.2, -0.15) is 0 Å². The summed E-state index contributed by atoms with van der Waals surface area (Å²) in [5.74, 6) is -0.266. The first-order valence-corrected chi connectivity index (χ1v) is 11.2. The Morgan fingerprint density at radius 3 is 2.77 bits per heavy atom. The smallest absolute Gasteiger partial charge is 0.316 e. The van der Waals surface area contributed by atoms with Crippen LogP contribution in [0.15, 0.2) is 46.3 Å². The Bertz CT molecular complexity index is 1170. The summed E-state index contributed by atoms with van der Waals surface area (Å²) in [5, 5.41) is 0.909. The van der Waals surface area contributed by atoms with Crippen LogP contribution in [0.1, 0.15) is 37.6 Å². The van der Waals surface area contributed by atoms with Crippen molar-refractivity contribution in [3.63, 3.8) is 0 Å². The van der Waals surface area contributed by atoms with Crippen LogP contribution in [-0.2, 0) is 33.8 Å². The zero-order valence-corrected chi connectivity index (χ0v) is 18.7. The number of rotatable bonds is 6. The van der Waals surface area contributed by atoms with E-state index in [1.807, 2.05) is 50.2 Å². The van der Waals surface area contributed by atoms with Crippen molar-refractivity contribution in [1.29, 1.82) is 0 Å². The van der Waals surface area contributed by atoms with Gasteiger partial charge in [0.1, 0.15) is 0 Å². The summed E-state index contributed by atoms with van der Waals surface area (Å²) in [6.45, 7) is 6.89. The van der Waals surface area contributed by atoms with E-state index in [-0.39, 0.29) is 22.9 Å². The third-order valence-corrected chi connectivity index (χ3v) is 6.05. The van der Waals surface area contributed by atoms with E-state index in [4.69, 9.17) is 14.5 Å². The van der Waals surface area contributed by atoms with Crippen molar-refractivity contribution in [3.05, 3.63) is 63.6 Å². The molecule has 1 aliphatic rings. The van der Waals surface area contributed by atoms with Crippen LogP contribution in [0.25, 0.3) is 11.0 Å². The Labute approximate surface area is 184 Å². The maximum absolute atomic E-state index is 13.4. The van der Waals surface area contributed by atoms with Gasteiger partial charge in [0.15, 0.2) is 10.8 Å². The molecule has 8 heteroatoms. The van der Waals surface area contributed by atoms with Crippen LogP contribution in [0.2, 0.25) is 0 Å². The number of thioether (sulfide) groups is 1. The number of ether oxygens (including phenoxy) is 2. The molecule has 162 valence electrons. The molecule has 0 saturated carbocycles. The Morgan fingerprint density at radius 1 is 1.26 bits per heavy atom. The van der Waals surface area contributed by atoms with Crippen LogP contribution < -0.4 is 5.56 Å². The number of aromatic nitrogens is 3. The van der Waals surface area contributed by atoms with Gasteiger partial charge in [0.2, 0.25) is 0 Å². The normalized spacial score (nSPS) is 14.9. The second-order valence-corrected chi connectivity index (χ2v) is 9.00. The van der Waals surface area contributed by atoms with Gasteiger partial charge < -0.3 is 9.47 Å². The molecule has 0 atom stereocenters. The third-order valence-electron chi connectivity index (χ3n) is 5.10. The first-order chi connectivity index (χ1) is 14.9. The number of hydrogen-bond acceptors (Lipinski definition) is 7. The van der Waals surface area contributed by atoms with Gasteiger partial charge in [-0.05, 0) is 32.4 Å². The average Bonchev–Trinajstić information content (AvgIpc) is 2.74. The van der Waals surface area contributed by atoms with E-state index in [0.717, 1.165) is 16.8 Å². The molecule has 0 saturated heterocycles. The number of esters is 1. The van der Waals surface area contributed by atoms with Gasteiger partial charge in [-0.1, -0.05) is 42.1 Å². The molecule has 0 aliphatic carbocycles. The zero-order valence-electron chi connectivity index (χ0n) is 17.9. The molecular formula is C23H25N3O4S. The van der Waals surface area contributed by atoms with Crippen LogP contribution >= 0.6 is 11.8 Å². The quantitative estimate of drug-likeness (QED) is 0.331. The SMILES string of the molecule is CCOC(=O)CSc1nc2nc3c(cc2c(=O)n1Cc1ccccc1)COC(C)(C)C3. The fourth-order valence-corrected chi connectivity index (χ4v) is 4.34. The minimum atomic E-state index is -0.342. The number of fused-ring (bicyclic) bond motifs is 2. The van der Waals surface area contributed by atoms with Gasteiger partial charge in [0.05, 0.1) is 42.2 Å². The second-order valence-electron chi connectivity index (χ2n) is 8.06. The summed E-state index contributed by atoms with van der Waals surface area (Å²) < 4.78 is 12.5. The summed E-state index contributed by atoms with van der Waals surface area (Å²) in [5.41, 5.74) is 2.70. The van der Waals surface area contributed by atoms with E-state index < -0.39 is 0 Å². The number of hydrogen-bond donors (Lipinski definition) is 0. The maximum atomic E-state index is 13.4. The molecule has 1 aromatic carbocycles. The summed E-state index contributed by atoms with van der Waals surface area (Å²) in [7, 11) is 0. The Balaban J connectivity index is 1.80. The van der Waals surface area contributed by atoms with Crippen molar-refractivity contribution in [2.24, 2.45) is 0 Å². The van der Waals surface area contributed by atoms with Crippen LogP contribution in [0.4, 0.5) is 0 Å². The summed E-state index contributed by atoms with van der Waals surface area (Å²) in [4.78, 5) is 34.8. The van der Waals surface area contributed by atoms with Crippen molar-refractivity contribution in [3.8, 4) is 0 Å². The van der Waals surface area contributed by atoms with E-state index >= 15 is 0 Å². The molecule has 3 aromatic rings. The van der Waals surface area contributed by atoms with Gasteiger partial charge in [-0.15, -0.1) is 0 Å². The summed E-state index contributed by atoms with van der Waals surface area (Å²) in [6, 6.07) is 11.5. The van der Waals surface area contributed by atoms with Gasteiger partial charge >= 0.3 is 5.97 Å². The lowest BCUT2D eigenvalue weighted by Gasteiger charge is -2.31. The van der Waals surface area contributed by atoms with Gasteiger partial charge in [0, 0.05) is 12.0 Å². The van der Waals surface area contributed by atoms with Crippen molar-refractivity contribution >= 4 is 28.8 Å². The molecule has 0 spiro atoms. The highest BCUT2D eigenvalue weighted by Gasteiger charge is 2.28. The standard InChI is InChI=1S/C23H25N3O4S/c1-4-29-19(27)14-31-22-25-20-17(10-16-13-30-23(2,3)11-18(16)24-20)21(28)26(22)12-15-8-6-5-7-9-15/h5-10H,4,11-14H2,1-3H3. The summed E-state index contributed by atoms with van der Waals surface area (Å²) in [6.07, 6.45) is 0.651. The first-order valence-electron chi connectivity index (χ1n) is 10.3. The number of benzene rings is 1. The lowest BCUT2D eigenvalue weighted by atomic mass is 9.95. The van der Waals surface area contributed by atoms with Crippen LogP contribution in [0.3, 0.4) is 0 Å². The molecule has 4 rings (SSSR count). The highest BCUT2D eigenvalue weighted by molar-refractivity contribution is 7.99. The first kappa shape index (κ1) is 21.5. The van der Waals surface area contributed by atoms with Crippen LogP contribution in [-0.4, -0.2) is 38.5 Å². The van der Waals surface area contributed by atoms with E-state index in [9.17, 15) is 9.59 Å². The van der Waals surface area contributed by atoms with E-state index in [0.29, 0.717) is 42.4 Å². The molecule has 0 bridgehead atoms. The predicted molar refractivity (Wildman–Crippen MR) is 119 cm³/mol. The fourth-order valence-electron chi connectivity index (χ4n) is 3.55. The second kappa shape index (κ2) is 8.80. The van der Waals surface area contributed by atoms with Gasteiger partial charge in [0.25, 0.3) is 5.56 Å². The Morgan fingerprint density at radius 2 is 2.03 bits per heavy atom. The third kappa shape index (κ3) is 4.80. The largest absolute Gasteiger partial charge is 0.465 e. The molecular weight excluding hydrogens is 414 g/mol. The maximum Gasteiger partial charge on any atom is 0.316 e. The number of carbonyl (C=O) groups excluding carboxylic acids is 1. The van der Waals surface area contributed by atoms with Crippen molar-refractivity contribution in [2.45, 2.75) is 51.1 Å². The zero-order chi connectivity index (χ0) is 22.0. The number of pyridine rings is 1. The molecule has 0 radical (unpaired) electrons. The fraction of sp³-hybridized carbons (Fsp3) is 0.391. The lowest BCUT2D eigenvalue weighted by molar-refractivity contribution is -0.139. The minimum Gasteiger partial charge on any atom is -0.465 e. The van der Waals surface area contributed by atoms with E-state index in [2.05, 4.69) is 4.98 Å². The number of carbonyl (C=O) groups is 1. The Kier molecular flexibility index (Phi) is 6.11. The van der Waals surface area contributed by atoms with E-state index in [1.54, 1.807) is 11.5 Å². The van der Waals surface area contributed by atoms with Crippen molar-refractivity contribution in [1.82, 2.24) is 14.5 Å². The molecule has 0 unspecified atom stereocenters. The summed E-state index contributed by atoms with van der Waals surface area (Å²) >= 11 is 1.19. The van der Waals surface area contributed by atoms with Crippen molar-refractivity contribution in [2.75, 3.05) is 12.4 Å². The molecule has 2 aromatic heterocycles. The minimum absolute atomic E-state index is 0.0758. The highest BCUT2D eigenvalue weighted by atomic mass is 32.2. The monoisotopic (exact) mass is 439 g/mol. The topological polar surface area (TPSA) is 83.3 Å². The molecule has 3 heterocycles. The number of nitrogens with zero attached hydrogens (tertiary/aromatic N) is 3. The predicted octanol–water partition coefficient (Wildman–Crippen LogP) is 3.35. The van der Waals surface area contributed by atoms with Crippen molar-refractivity contribution < 1.29 is 14.3 Å². The highest BCUT2D eigenvalue weighted by Crippen LogP contribution is 2.28.